The average Bonchev–Trinajstić information content (AvgIpc) is 2.45. The van der Waals surface area contributed by atoms with E-state index in [-0.39, 0.29) is 6.10 Å². The average molecular weight is 277 g/mol. The third-order valence-corrected chi connectivity index (χ3v) is 2.93. The predicted octanol–water partition coefficient (Wildman–Crippen LogP) is 4.16. The minimum absolute atomic E-state index is 0.0872. The fourth-order valence-electron chi connectivity index (χ4n) is 1.64. The highest BCUT2D eigenvalue weighted by Gasteiger charge is 2.09. The Morgan fingerprint density at radius 1 is 1.45 bits per heavy atom. The van der Waals surface area contributed by atoms with E-state index in [1.165, 1.54) is 0 Å². The molecule has 0 bridgehead atoms. The zero-order valence-corrected chi connectivity index (χ0v) is 12.4. The molecule has 1 aromatic carbocycles. The molecule has 110 valence electrons. The topological polar surface area (TPSA) is 47.6 Å². The first-order valence-corrected chi connectivity index (χ1v) is 6.94. The van der Waals surface area contributed by atoms with Gasteiger partial charge in [0.1, 0.15) is 18.5 Å². The standard InChI is InChI=1S/C16H23NO3/c1-5-10-19-15-9-8-14(11-13(15)7-3)17-16(18)20-12(4)6-2/h5,8-9,11-12H,1,6-7,10H2,2-4H3,(H,17,18). The van der Waals surface area contributed by atoms with Gasteiger partial charge >= 0.3 is 6.09 Å². The van der Waals surface area contributed by atoms with Crippen LogP contribution in [0.5, 0.6) is 5.75 Å². The van der Waals surface area contributed by atoms with Gasteiger partial charge in [0.15, 0.2) is 0 Å². The van der Waals surface area contributed by atoms with E-state index in [0.717, 1.165) is 24.2 Å². The van der Waals surface area contributed by atoms with Crippen LogP contribution >= 0.6 is 0 Å². The summed E-state index contributed by atoms with van der Waals surface area (Å²) in [5.74, 6) is 0.813. The molecule has 4 heteroatoms. The highest BCUT2D eigenvalue weighted by molar-refractivity contribution is 5.85. The summed E-state index contributed by atoms with van der Waals surface area (Å²) in [7, 11) is 0. The first-order chi connectivity index (χ1) is 9.60. The fraction of sp³-hybridized carbons (Fsp3) is 0.438. The number of benzene rings is 1. The Morgan fingerprint density at radius 3 is 2.80 bits per heavy atom. The number of nitrogens with one attached hydrogen (secondary N) is 1. The number of carbonyl (C=O) groups excluding carboxylic acids is 1. The van der Waals surface area contributed by atoms with E-state index in [9.17, 15) is 4.79 Å². The maximum Gasteiger partial charge on any atom is 0.411 e. The van der Waals surface area contributed by atoms with Crippen LogP contribution in [0.2, 0.25) is 0 Å². The Kier molecular flexibility index (Phi) is 6.64. The summed E-state index contributed by atoms with van der Waals surface area (Å²) >= 11 is 0. The molecule has 1 atom stereocenters. The van der Waals surface area contributed by atoms with Crippen LogP contribution in [0.15, 0.2) is 30.9 Å². The van der Waals surface area contributed by atoms with Crippen LogP contribution in [-0.4, -0.2) is 18.8 Å². The fourth-order valence-corrected chi connectivity index (χ4v) is 1.64. The van der Waals surface area contributed by atoms with E-state index in [2.05, 4.69) is 11.9 Å². The Bertz CT molecular complexity index is 457. The molecule has 0 fully saturated rings. The van der Waals surface area contributed by atoms with Crippen molar-refractivity contribution in [1.29, 1.82) is 0 Å². The Morgan fingerprint density at radius 2 is 2.20 bits per heavy atom. The van der Waals surface area contributed by atoms with Crippen LogP contribution < -0.4 is 10.1 Å². The molecule has 0 aliphatic heterocycles. The van der Waals surface area contributed by atoms with Gasteiger partial charge in [-0.05, 0) is 43.5 Å². The largest absolute Gasteiger partial charge is 0.489 e. The third-order valence-electron chi connectivity index (χ3n) is 2.93. The molecule has 0 aliphatic rings. The molecule has 1 rings (SSSR count). The molecule has 1 unspecified atom stereocenters. The molecule has 1 N–H and O–H groups in total. The summed E-state index contributed by atoms with van der Waals surface area (Å²) in [5.41, 5.74) is 1.74. The van der Waals surface area contributed by atoms with Gasteiger partial charge in [-0.25, -0.2) is 4.79 Å². The SMILES string of the molecule is C=CCOc1ccc(NC(=O)OC(C)CC)cc1CC. The molecule has 0 saturated heterocycles. The van der Waals surface area contributed by atoms with Crippen molar-refractivity contribution in [2.24, 2.45) is 0 Å². The number of anilines is 1. The van der Waals surface area contributed by atoms with Gasteiger partial charge in [0.05, 0.1) is 0 Å². The van der Waals surface area contributed by atoms with Crippen LogP contribution in [0.3, 0.4) is 0 Å². The van der Waals surface area contributed by atoms with E-state index >= 15 is 0 Å². The summed E-state index contributed by atoms with van der Waals surface area (Å²) in [5, 5.41) is 2.73. The van der Waals surface area contributed by atoms with Crippen molar-refractivity contribution in [3.63, 3.8) is 0 Å². The molecule has 0 aromatic heterocycles. The first kappa shape index (κ1) is 16.1. The van der Waals surface area contributed by atoms with Gasteiger partial charge in [-0.2, -0.15) is 0 Å². The smallest absolute Gasteiger partial charge is 0.411 e. The summed E-state index contributed by atoms with van der Waals surface area (Å²) in [4.78, 5) is 11.7. The van der Waals surface area contributed by atoms with Crippen LogP contribution in [0.25, 0.3) is 0 Å². The van der Waals surface area contributed by atoms with Gasteiger partial charge in [-0.15, -0.1) is 0 Å². The lowest BCUT2D eigenvalue weighted by atomic mass is 10.1. The molecule has 20 heavy (non-hydrogen) atoms. The lowest BCUT2D eigenvalue weighted by molar-refractivity contribution is 0.118. The second-order valence-corrected chi connectivity index (χ2v) is 4.52. The lowest BCUT2D eigenvalue weighted by Crippen LogP contribution is -2.19. The number of ether oxygens (including phenoxy) is 2. The van der Waals surface area contributed by atoms with Crippen LogP contribution in [-0.2, 0) is 11.2 Å². The van der Waals surface area contributed by atoms with E-state index in [0.29, 0.717) is 12.3 Å². The quantitative estimate of drug-likeness (QED) is 0.761. The van der Waals surface area contributed by atoms with Gasteiger partial charge in [-0.1, -0.05) is 26.5 Å². The molecule has 0 spiro atoms. The van der Waals surface area contributed by atoms with Crippen LogP contribution in [0, 0.1) is 0 Å². The highest BCUT2D eigenvalue weighted by Crippen LogP contribution is 2.23. The number of hydrogen-bond acceptors (Lipinski definition) is 3. The second kappa shape index (κ2) is 8.25. The normalized spacial score (nSPS) is 11.6. The van der Waals surface area contributed by atoms with Gasteiger partial charge in [0.2, 0.25) is 0 Å². The molecule has 0 aliphatic carbocycles. The molecule has 0 radical (unpaired) electrons. The van der Waals surface area contributed by atoms with Crippen molar-refractivity contribution < 1.29 is 14.3 Å². The number of amides is 1. The van der Waals surface area contributed by atoms with E-state index < -0.39 is 6.09 Å². The molecule has 4 nitrogen and oxygen atoms in total. The van der Waals surface area contributed by atoms with Gasteiger partial charge in [0.25, 0.3) is 0 Å². The predicted molar refractivity (Wildman–Crippen MR) is 81.4 cm³/mol. The van der Waals surface area contributed by atoms with Crippen molar-refractivity contribution in [2.75, 3.05) is 11.9 Å². The number of aryl methyl sites for hydroxylation is 1. The zero-order valence-electron chi connectivity index (χ0n) is 12.4. The van der Waals surface area contributed by atoms with Crippen molar-refractivity contribution in [2.45, 2.75) is 39.7 Å². The second-order valence-electron chi connectivity index (χ2n) is 4.52. The third kappa shape index (κ3) is 4.96. The van der Waals surface area contributed by atoms with Gasteiger partial charge in [-0.3, -0.25) is 5.32 Å². The van der Waals surface area contributed by atoms with Crippen LogP contribution in [0.4, 0.5) is 10.5 Å². The molecular weight excluding hydrogens is 254 g/mol. The number of rotatable bonds is 7. The monoisotopic (exact) mass is 277 g/mol. The van der Waals surface area contributed by atoms with E-state index in [1.807, 2.05) is 32.9 Å². The van der Waals surface area contributed by atoms with Gasteiger partial charge < -0.3 is 9.47 Å². The minimum Gasteiger partial charge on any atom is -0.489 e. The van der Waals surface area contributed by atoms with Crippen molar-refractivity contribution in [3.8, 4) is 5.75 Å². The van der Waals surface area contributed by atoms with E-state index in [4.69, 9.17) is 9.47 Å². The molecule has 0 saturated carbocycles. The maximum absolute atomic E-state index is 11.7. The van der Waals surface area contributed by atoms with Crippen molar-refractivity contribution in [1.82, 2.24) is 0 Å². The van der Waals surface area contributed by atoms with Gasteiger partial charge in [0, 0.05) is 5.69 Å². The zero-order chi connectivity index (χ0) is 15.0. The molecule has 1 aromatic rings. The minimum atomic E-state index is -0.429. The van der Waals surface area contributed by atoms with Crippen LogP contribution in [0.1, 0.15) is 32.8 Å². The summed E-state index contributed by atoms with van der Waals surface area (Å²) in [6, 6.07) is 5.55. The number of carbonyl (C=O) groups is 1. The summed E-state index contributed by atoms with van der Waals surface area (Å²) in [6.45, 7) is 9.97. The Hall–Kier alpha value is -1.97. The highest BCUT2D eigenvalue weighted by atomic mass is 16.6. The lowest BCUT2D eigenvalue weighted by Gasteiger charge is -2.14. The number of hydrogen-bond donors (Lipinski definition) is 1. The maximum atomic E-state index is 11.7. The van der Waals surface area contributed by atoms with Crippen molar-refractivity contribution in [3.05, 3.63) is 36.4 Å². The first-order valence-electron chi connectivity index (χ1n) is 6.94. The molecule has 1 amide bonds. The Balaban J connectivity index is 2.72. The van der Waals surface area contributed by atoms with E-state index in [1.54, 1.807) is 12.1 Å². The van der Waals surface area contributed by atoms with Crippen molar-refractivity contribution >= 4 is 11.8 Å². The Labute approximate surface area is 120 Å². The summed E-state index contributed by atoms with van der Waals surface area (Å²) in [6.07, 6.45) is 2.80. The summed E-state index contributed by atoms with van der Waals surface area (Å²) < 4.78 is 10.7. The molecule has 0 heterocycles. The molecular formula is C16H23NO3.